The first-order valence-corrected chi connectivity index (χ1v) is 7.77. The van der Waals surface area contributed by atoms with Crippen LogP contribution in [0, 0.1) is 0 Å². The van der Waals surface area contributed by atoms with Gasteiger partial charge in [-0.3, -0.25) is 0 Å². The van der Waals surface area contributed by atoms with Gasteiger partial charge in [-0.25, -0.2) is 4.79 Å². The summed E-state index contributed by atoms with van der Waals surface area (Å²) >= 11 is 12.7. The van der Waals surface area contributed by atoms with Crippen LogP contribution >= 0.6 is 23.2 Å². The lowest BCUT2D eigenvalue weighted by Gasteiger charge is -2.22. The van der Waals surface area contributed by atoms with Gasteiger partial charge in [-0.05, 0) is 45.0 Å². The van der Waals surface area contributed by atoms with E-state index in [2.05, 4.69) is 0 Å². The van der Waals surface area contributed by atoms with Crippen LogP contribution in [-0.4, -0.2) is 18.7 Å². The van der Waals surface area contributed by atoms with E-state index in [1.165, 1.54) is 19.4 Å². The number of rotatable bonds is 4. The molecule has 1 aromatic carbocycles. The van der Waals surface area contributed by atoms with Crippen LogP contribution < -0.4 is 0 Å². The lowest BCUT2D eigenvalue weighted by atomic mass is 10.0. The largest absolute Gasteiger partial charge is 0.466 e. The summed E-state index contributed by atoms with van der Waals surface area (Å²) in [6.45, 7) is 5.36. The summed E-state index contributed by atoms with van der Waals surface area (Å²) in [5.74, 6) is 0.0207. The van der Waals surface area contributed by atoms with Crippen molar-refractivity contribution in [3.05, 3.63) is 57.5 Å². The highest BCUT2D eigenvalue weighted by atomic mass is 35.5. The van der Waals surface area contributed by atoms with Gasteiger partial charge in [0, 0.05) is 17.7 Å². The molecule has 0 bridgehead atoms. The Morgan fingerprint density at radius 1 is 1.22 bits per heavy atom. The molecule has 0 aliphatic carbocycles. The molecule has 1 atom stereocenters. The normalized spacial score (nSPS) is 13.0. The van der Waals surface area contributed by atoms with E-state index in [1.807, 2.05) is 0 Å². The van der Waals surface area contributed by atoms with Gasteiger partial charge >= 0.3 is 5.97 Å². The summed E-state index contributed by atoms with van der Waals surface area (Å²) in [7, 11) is 1.51. The third-order valence-electron chi connectivity index (χ3n) is 3.04. The highest BCUT2D eigenvalue weighted by molar-refractivity contribution is 6.38. The van der Waals surface area contributed by atoms with Gasteiger partial charge in [0.1, 0.15) is 17.5 Å². The van der Waals surface area contributed by atoms with E-state index in [1.54, 1.807) is 39.0 Å². The first kappa shape index (κ1) is 17.9. The first-order valence-electron chi connectivity index (χ1n) is 7.02. The highest BCUT2D eigenvalue weighted by Gasteiger charge is 2.27. The molecule has 0 aliphatic rings. The molecule has 0 aliphatic heterocycles. The summed E-state index contributed by atoms with van der Waals surface area (Å²) in [6, 6.07) is 6.62. The molecule has 0 saturated carbocycles. The molecule has 6 heteroatoms. The molecule has 2 rings (SSSR count). The number of esters is 1. The van der Waals surface area contributed by atoms with Gasteiger partial charge in [0.05, 0.1) is 16.8 Å². The second kappa shape index (κ2) is 6.95. The van der Waals surface area contributed by atoms with Crippen LogP contribution in [0.15, 0.2) is 34.9 Å². The van der Waals surface area contributed by atoms with Crippen LogP contribution in [-0.2, 0) is 9.47 Å². The number of halogens is 2. The van der Waals surface area contributed by atoms with Gasteiger partial charge in [0.2, 0.25) is 0 Å². The number of hydrogen-bond acceptors (Lipinski definition) is 4. The quantitative estimate of drug-likeness (QED) is 0.699. The van der Waals surface area contributed by atoms with Gasteiger partial charge in [-0.2, -0.15) is 0 Å². The van der Waals surface area contributed by atoms with Crippen LogP contribution in [0.1, 0.15) is 48.6 Å². The summed E-state index contributed by atoms with van der Waals surface area (Å²) in [6.07, 6.45) is 0.910. The minimum absolute atomic E-state index is 0.190. The molecule has 124 valence electrons. The second-order valence-corrected chi connectivity index (χ2v) is 6.74. The van der Waals surface area contributed by atoms with E-state index in [0.29, 0.717) is 16.3 Å². The van der Waals surface area contributed by atoms with Crippen LogP contribution in [0.2, 0.25) is 10.0 Å². The van der Waals surface area contributed by atoms with Crippen molar-refractivity contribution in [3.8, 4) is 0 Å². The zero-order valence-electron chi connectivity index (χ0n) is 13.4. The van der Waals surface area contributed by atoms with E-state index in [4.69, 9.17) is 37.1 Å². The molecule has 1 aromatic heterocycles. The van der Waals surface area contributed by atoms with Crippen molar-refractivity contribution < 1.29 is 18.7 Å². The van der Waals surface area contributed by atoms with Crippen molar-refractivity contribution >= 4 is 29.2 Å². The number of carbonyl (C=O) groups is 1. The van der Waals surface area contributed by atoms with Crippen molar-refractivity contribution in [2.24, 2.45) is 0 Å². The zero-order valence-corrected chi connectivity index (χ0v) is 14.9. The molecule has 0 amide bonds. The number of carbonyl (C=O) groups excluding carboxylic acids is 1. The Hall–Kier alpha value is -1.49. The van der Waals surface area contributed by atoms with Crippen LogP contribution in [0.5, 0.6) is 0 Å². The molecule has 0 spiro atoms. The molecule has 1 unspecified atom stereocenters. The zero-order chi connectivity index (χ0) is 17.2. The Kier molecular flexibility index (Phi) is 5.40. The highest BCUT2D eigenvalue weighted by Crippen LogP contribution is 2.38. The smallest absolute Gasteiger partial charge is 0.340 e. The van der Waals surface area contributed by atoms with Crippen LogP contribution in [0.4, 0.5) is 0 Å². The molecular formula is C17H18Cl2O4. The fourth-order valence-electron chi connectivity index (χ4n) is 2.12. The molecular weight excluding hydrogens is 339 g/mol. The maximum absolute atomic E-state index is 12.3. The van der Waals surface area contributed by atoms with Gasteiger partial charge < -0.3 is 13.9 Å². The minimum Gasteiger partial charge on any atom is -0.466 e. The number of ether oxygens (including phenoxy) is 2. The number of furan rings is 1. The molecule has 0 fully saturated rings. The van der Waals surface area contributed by atoms with Crippen molar-refractivity contribution in [3.63, 3.8) is 0 Å². The molecule has 1 heterocycles. The summed E-state index contributed by atoms with van der Waals surface area (Å²) in [5.41, 5.74) is 0.0748. The number of benzene rings is 1. The summed E-state index contributed by atoms with van der Waals surface area (Å²) < 4.78 is 16.2. The third-order valence-corrected chi connectivity index (χ3v) is 3.78. The van der Waals surface area contributed by atoms with Crippen LogP contribution in [0.25, 0.3) is 0 Å². The lowest BCUT2D eigenvalue weighted by molar-refractivity contribution is 0.00693. The maximum Gasteiger partial charge on any atom is 0.340 e. The number of methoxy groups -OCH3 is 1. The molecule has 0 radical (unpaired) electrons. The fraction of sp³-hybridized carbons (Fsp3) is 0.353. The van der Waals surface area contributed by atoms with Crippen molar-refractivity contribution in [2.45, 2.75) is 32.5 Å². The van der Waals surface area contributed by atoms with Crippen molar-refractivity contribution in [2.75, 3.05) is 7.11 Å². The van der Waals surface area contributed by atoms with Gasteiger partial charge in [-0.1, -0.05) is 23.2 Å². The molecule has 4 nitrogen and oxygen atoms in total. The predicted molar refractivity (Wildman–Crippen MR) is 89.2 cm³/mol. The molecule has 0 N–H and O–H groups in total. The second-order valence-electron chi connectivity index (χ2n) is 5.96. The monoisotopic (exact) mass is 356 g/mol. The Balaban J connectivity index is 2.48. The van der Waals surface area contributed by atoms with E-state index in [0.717, 1.165) is 0 Å². The SMILES string of the molecule is COC(c1ccco1)c1c(Cl)ccc(C(=O)OC(C)(C)C)c1Cl. The molecule has 0 saturated heterocycles. The predicted octanol–water partition coefficient (Wildman–Crippen LogP) is 5.28. The van der Waals surface area contributed by atoms with Crippen molar-refractivity contribution in [1.82, 2.24) is 0 Å². The van der Waals surface area contributed by atoms with Gasteiger partial charge in [0.15, 0.2) is 0 Å². The average Bonchev–Trinajstić information content (AvgIpc) is 2.95. The fourth-order valence-corrected chi connectivity index (χ4v) is 2.76. The Morgan fingerprint density at radius 2 is 1.91 bits per heavy atom. The van der Waals surface area contributed by atoms with E-state index >= 15 is 0 Å². The minimum atomic E-state index is -0.623. The lowest BCUT2D eigenvalue weighted by Crippen LogP contribution is -2.24. The Morgan fingerprint density at radius 3 is 2.43 bits per heavy atom. The standard InChI is InChI=1S/C17H18Cl2O4/c1-17(2,3)23-16(20)10-7-8-11(18)13(14(10)19)15(21-4)12-6-5-9-22-12/h5-9,15H,1-4H3. The van der Waals surface area contributed by atoms with Crippen molar-refractivity contribution in [1.29, 1.82) is 0 Å². The Bertz CT molecular complexity index is 687. The van der Waals surface area contributed by atoms with Gasteiger partial charge in [0.25, 0.3) is 0 Å². The van der Waals surface area contributed by atoms with E-state index in [9.17, 15) is 4.79 Å². The first-order chi connectivity index (χ1) is 10.7. The summed E-state index contributed by atoms with van der Waals surface area (Å²) in [5, 5.41) is 0.570. The maximum atomic E-state index is 12.3. The van der Waals surface area contributed by atoms with E-state index < -0.39 is 17.7 Å². The number of hydrogen-bond donors (Lipinski definition) is 0. The van der Waals surface area contributed by atoms with Gasteiger partial charge in [-0.15, -0.1) is 0 Å². The molecule has 23 heavy (non-hydrogen) atoms. The third kappa shape index (κ3) is 4.08. The average molecular weight is 357 g/mol. The topological polar surface area (TPSA) is 48.7 Å². The van der Waals surface area contributed by atoms with Crippen LogP contribution in [0.3, 0.4) is 0 Å². The van der Waals surface area contributed by atoms with E-state index in [-0.39, 0.29) is 10.6 Å². The Labute approximate surface area is 145 Å². The summed E-state index contributed by atoms with van der Waals surface area (Å²) in [4.78, 5) is 12.3. The molecule has 2 aromatic rings.